The van der Waals surface area contributed by atoms with Crippen LogP contribution in [0.1, 0.15) is 45.2 Å². The van der Waals surface area contributed by atoms with Gasteiger partial charge in [-0.05, 0) is 42.3 Å². The maximum absolute atomic E-state index is 13.2. The third kappa shape index (κ3) is 4.22. The van der Waals surface area contributed by atoms with Gasteiger partial charge in [-0.25, -0.2) is 4.39 Å². The van der Waals surface area contributed by atoms with Gasteiger partial charge in [-0.1, -0.05) is 42.0 Å². The zero-order valence-electron chi connectivity index (χ0n) is 16.6. The normalized spacial score (nSPS) is 15.2. The number of hydrogen-bond acceptors (Lipinski definition) is 3. The fourth-order valence-electron chi connectivity index (χ4n) is 3.64. The quantitative estimate of drug-likeness (QED) is 0.678. The smallest absolute Gasteiger partial charge is 0.256 e. The Morgan fingerprint density at radius 1 is 1.07 bits per heavy atom. The molecule has 1 aliphatic rings. The molecule has 2 aromatic carbocycles. The average molecular weight is 403 g/mol. The first-order valence-electron chi connectivity index (χ1n) is 9.84. The molecular formula is C24H22FN3O2. The number of amides is 2. The van der Waals surface area contributed by atoms with E-state index in [0.717, 1.165) is 16.7 Å². The van der Waals surface area contributed by atoms with Gasteiger partial charge in [0.1, 0.15) is 5.82 Å². The average Bonchev–Trinajstić information content (AvgIpc) is 3.01. The van der Waals surface area contributed by atoms with Crippen molar-refractivity contribution in [3.8, 4) is 0 Å². The lowest BCUT2D eigenvalue weighted by Gasteiger charge is -2.24. The van der Waals surface area contributed by atoms with Crippen molar-refractivity contribution >= 4 is 11.8 Å². The molecule has 1 N–H and O–H groups in total. The fraction of sp³-hybridized carbons (Fsp3) is 0.208. The van der Waals surface area contributed by atoms with Crippen molar-refractivity contribution in [1.29, 1.82) is 0 Å². The van der Waals surface area contributed by atoms with Crippen LogP contribution in [0.25, 0.3) is 0 Å². The Balaban J connectivity index is 1.50. The molecule has 152 valence electrons. The van der Waals surface area contributed by atoms with Crippen molar-refractivity contribution in [2.24, 2.45) is 0 Å². The topological polar surface area (TPSA) is 62.3 Å². The zero-order chi connectivity index (χ0) is 21.1. The summed E-state index contributed by atoms with van der Waals surface area (Å²) in [4.78, 5) is 31.6. The van der Waals surface area contributed by atoms with Gasteiger partial charge < -0.3 is 10.2 Å². The summed E-state index contributed by atoms with van der Waals surface area (Å²) in [5, 5.41) is 2.93. The minimum Gasteiger partial charge on any atom is -0.352 e. The molecule has 5 nitrogen and oxygen atoms in total. The van der Waals surface area contributed by atoms with E-state index in [1.54, 1.807) is 35.4 Å². The molecule has 6 heteroatoms. The number of carbonyl (C=O) groups is 2. The number of fused-ring (bicyclic) bond motifs is 1. The molecule has 0 fully saturated rings. The van der Waals surface area contributed by atoms with Crippen LogP contribution in [-0.4, -0.2) is 21.7 Å². The number of rotatable bonds is 6. The summed E-state index contributed by atoms with van der Waals surface area (Å²) in [5.74, 6) is -0.654. The third-order valence-electron chi connectivity index (χ3n) is 5.28. The van der Waals surface area contributed by atoms with Crippen LogP contribution < -0.4 is 5.32 Å². The summed E-state index contributed by atoms with van der Waals surface area (Å²) >= 11 is 0. The molecule has 0 aliphatic carbocycles. The van der Waals surface area contributed by atoms with Crippen molar-refractivity contribution in [2.45, 2.75) is 32.5 Å². The van der Waals surface area contributed by atoms with Gasteiger partial charge in [0.25, 0.3) is 5.91 Å². The Bertz CT molecular complexity index is 1060. The predicted octanol–water partition coefficient (Wildman–Crippen LogP) is 3.93. The molecule has 0 spiro atoms. The van der Waals surface area contributed by atoms with E-state index < -0.39 is 6.04 Å². The van der Waals surface area contributed by atoms with Crippen LogP contribution in [0.5, 0.6) is 0 Å². The summed E-state index contributed by atoms with van der Waals surface area (Å²) in [6, 6.07) is 17.0. The van der Waals surface area contributed by atoms with Crippen molar-refractivity contribution < 1.29 is 14.0 Å². The van der Waals surface area contributed by atoms with Crippen molar-refractivity contribution in [3.63, 3.8) is 0 Å². The van der Waals surface area contributed by atoms with Crippen molar-refractivity contribution in [3.05, 3.63) is 101 Å². The highest BCUT2D eigenvalue weighted by atomic mass is 19.1. The molecule has 0 bridgehead atoms. The van der Waals surface area contributed by atoms with Gasteiger partial charge in [0.15, 0.2) is 0 Å². The van der Waals surface area contributed by atoms with Gasteiger partial charge in [0.2, 0.25) is 5.91 Å². The van der Waals surface area contributed by atoms with Crippen molar-refractivity contribution in [1.82, 2.24) is 15.2 Å². The lowest BCUT2D eigenvalue weighted by Crippen LogP contribution is -2.32. The van der Waals surface area contributed by atoms with Gasteiger partial charge in [0, 0.05) is 19.3 Å². The number of nitrogens with one attached hydrogen (secondary N) is 1. The minimum atomic E-state index is -0.461. The Morgan fingerprint density at radius 2 is 1.77 bits per heavy atom. The number of nitrogens with zero attached hydrogens (tertiary/aromatic N) is 2. The molecule has 1 aliphatic heterocycles. The molecule has 2 amide bonds. The first-order chi connectivity index (χ1) is 14.5. The Kier molecular flexibility index (Phi) is 5.57. The number of aromatic nitrogens is 1. The van der Waals surface area contributed by atoms with E-state index in [9.17, 15) is 14.0 Å². The zero-order valence-corrected chi connectivity index (χ0v) is 16.6. The van der Waals surface area contributed by atoms with E-state index in [-0.39, 0.29) is 30.6 Å². The van der Waals surface area contributed by atoms with E-state index in [1.165, 1.54) is 12.1 Å². The van der Waals surface area contributed by atoms with Gasteiger partial charge in [-0.15, -0.1) is 0 Å². The molecule has 2 heterocycles. The monoisotopic (exact) mass is 403 g/mol. The molecular weight excluding hydrogens is 381 g/mol. The van der Waals surface area contributed by atoms with E-state index in [1.807, 2.05) is 31.2 Å². The molecule has 0 saturated carbocycles. The summed E-state index contributed by atoms with van der Waals surface area (Å²) < 4.78 is 13.2. The lowest BCUT2D eigenvalue weighted by molar-refractivity contribution is -0.122. The molecule has 0 radical (unpaired) electrons. The Hall–Kier alpha value is -3.54. The standard InChI is InChI=1S/C24H22FN3O2/c1-16-4-6-17(7-5-16)14-27-22(29)13-21-23-20(3-2-12-26-23)24(30)28(21)15-18-8-10-19(25)11-9-18/h2-12,21H,13-15H2,1H3,(H,27,29)/t21-/m0/s1. The molecule has 30 heavy (non-hydrogen) atoms. The molecule has 0 unspecified atom stereocenters. The molecule has 1 atom stereocenters. The van der Waals surface area contributed by atoms with Crippen LogP contribution in [0.4, 0.5) is 4.39 Å². The van der Waals surface area contributed by atoms with Crippen LogP contribution >= 0.6 is 0 Å². The van der Waals surface area contributed by atoms with Crippen LogP contribution in [0, 0.1) is 12.7 Å². The maximum Gasteiger partial charge on any atom is 0.256 e. The number of hydrogen-bond donors (Lipinski definition) is 1. The number of benzene rings is 2. The fourth-order valence-corrected chi connectivity index (χ4v) is 3.64. The second-order valence-corrected chi connectivity index (χ2v) is 7.48. The van der Waals surface area contributed by atoms with Crippen LogP contribution in [-0.2, 0) is 17.9 Å². The Morgan fingerprint density at radius 3 is 2.50 bits per heavy atom. The largest absolute Gasteiger partial charge is 0.352 e. The van der Waals surface area contributed by atoms with Crippen molar-refractivity contribution in [2.75, 3.05) is 0 Å². The Labute approximate surface area is 174 Å². The molecule has 0 saturated heterocycles. The highest BCUT2D eigenvalue weighted by molar-refractivity contribution is 5.99. The number of carbonyl (C=O) groups excluding carboxylic acids is 2. The van der Waals surface area contributed by atoms with E-state index in [2.05, 4.69) is 10.3 Å². The second-order valence-electron chi connectivity index (χ2n) is 7.48. The summed E-state index contributed by atoms with van der Waals surface area (Å²) in [6.07, 6.45) is 1.74. The molecule has 4 rings (SSSR count). The number of aryl methyl sites for hydroxylation is 1. The van der Waals surface area contributed by atoms with E-state index in [4.69, 9.17) is 0 Å². The van der Waals surface area contributed by atoms with E-state index >= 15 is 0 Å². The van der Waals surface area contributed by atoms with Crippen LogP contribution in [0.15, 0.2) is 66.9 Å². The highest BCUT2D eigenvalue weighted by Gasteiger charge is 2.38. The number of pyridine rings is 1. The van der Waals surface area contributed by atoms with Gasteiger partial charge in [0.05, 0.1) is 23.7 Å². The first kappa shape index (κ1) is 19.8. The SMILES string of the molecule is Cc1ccc(CNC(=O)C[C@H]2c3ncccc3C(=O)N2Cc2ccc(F)cc2)cc1. The van der Waals surface area contributed by atoms with Gasteiger partial charge in [-0.3, -0.25) is 14.6 Å². The van der Waals surface area contributed by atoms with E-state index in [0.29, 0.717) is 17.8 Å². The summed E-state index contributed by atoms with van der Waals surface area (Å²) in [6.45, 7) is 2.72. The second kappa shape index (κ2) is 8.45. The third-order valence-corrected chi connectivity index (χ3v) is 5.28. The first-order valence-corrected chi connectivity index (χ1v) is 9.84. The predicted molar refractivity (Wildman–Crippen MR) is 111 cm³/mol. The molecule has 1 aromatic heterocycles. The lowest BCUT2D eigenvalue weighted by atomic mass is 10.1. The highest BCUT2D eigenvalue weighted by Crippen LogP contribution is 2.35. The minimum absolute atomic E-state index is 0.114. The number of halogens is 1. The van der Waals surface area contributed by atoms with Crippen LogP contribution in [0.3, 0.4) is 0 Å². The summed E-state index contributed by atoms with van der Waals surface area (Å²) in [7, 11) is 0. The molecule has 3 aromatic rings. The summed E-state index contributed by atoms with van der Waals surface area (Å²) in [5.41, 5.74) is 4.08. The maximum atomic E-state index is 13.2. The van der Waals surface area contributed by atoms with Crippen LogP contribution in [0.2, 0.25) is 0 Å². The van der Waals surface area contributed by atoms with Gasteiger partial charge >= 0.3 is 0 Å². The van der Waals surface area contributed by atoms with Gasteiger partial charge in [-0.2, -0.15) is 0 Å².